The molecule has 0 radical (unpaired) electrons. The summed E-state index contributed by atoms with van der Waals surface area (Å²) in [6.45, 7) is 8.82. The molecule has 2 aromatic rings. The molecule has 6 nitrogen and oxygen atoms in total. The van der Waals surface area contributed by atoms with E-state index in [1.165, 1.54) is 0 Å². The van der Waals surface area contributed by atoms with Crippen LogP contribution in [0.4, 0.5) is 0 Å². The average molecular weight is 290 g/mol. The standard InChI is InChI=1S/C15H22N4O2/c1-10(2)13(8-19-6-5-16-9-19)17-15(20)12-7-14(11(3)4)21-18-12/h5-7,9-11,13H,8H2,1-4H3,(H,17,20)/t13-/m0/s1. The summed E-state index contributed by atoms with van der Waals surface area (Å²) >= 11 is 0. The Hall–Kier alpha value is -2.11. The van der Waals surface area contributed by atoms with Crippen LogP contribution < -0.4 is 5.32 Å². The second-order valence-corrected chi connectivity index (χ2v) is 5.85. The van der Waals surface area contributed by atoms with E-state index in [2.05, 4.69) is 29.3 Å². The fourth-order valence-corrected chi connectivity index (χ4v) is 1.96. The van der Waals surface area contributed by atoms with Crippen LogP contribution in [0.25, 0.3) is 0 Å². The second-order valence-electron chi connectivity index (χ2n) is 5.85. The van der Waals surface area contributed by atoms with Gasteiger partial charge in [-0.2, -0.15) is 0 Å². The first-order valence-electron chi connectivity index (χ1n) is 7.20. The van der Waals surface area contributed by atoms with E-state index in [4.69, 9.17) is 4.52 Å². The van der Waals surface area contributed by atoms with Gasteiger partial charge in [-0.3, -0.25) is 4.79 Å². The van der Waals surface area contributed by atoms with Gasteiger partial charge in [0.25, 0.3) is 5.91 Å². The molecule has 114 valence electrons. The Kier molecular flexibility index (Phi) is 4.77. The lowest BCUT2D eigenvalue weighted by Crippen LogP contribution is -2.41. The van der Waals surface area contributed by atoms with Crippen LogP contribution in [-0.4, -0.2) is 26.7 Å². The van der Waals surface area contributed by atoms with Gasteiger partial charge >= 0.3 is 0 Å². The molecular weight excluding hydrogens is 268 g/mol. The number of nitrogens with one attached hydrogen (secondary N) is 1. The predicted octanol–water partition coefficient (Wildman–Crippen LogP) is 2.45. The van der Waals surface area contributed by atoms with Gasteiger partial charge in [-0.15, -0.1) is 0 Å². The van der Waals surface area contributed by atoms with Crippen molar-refractivity contribution >= 4 is 5.91 Å². The molecule has 0 aliphatic rings. The van der Waals surface area contributed by atoms with Gasteiger partial charge in [0.1, 0.15) is 5.76 Å². The Labute approximate surface area is 124 Å². The van der Waals surface area contributed by atoms with E-state index < -0.39 is 0 Å². The Bertz CT molecular complexity index is 572. The zero-order chi connectivity index (χ0) is 15.4. The van der Waals surface area contributed by atoms with Gasteiger partial charge in [-0.05, 0) is 5.92 Å². The van der Waals surface area contributed by atoms with Crippen LogP contribution in [0.5, 0.6) is 0 Å². The SMILES string of the molecule is CC(C)c1cc(C(=O)N[C@@H](Cn2ccnc2)C(C)C)no1. The molecule has 0 unspecified atom stereocenters. The molecule has 21 heavy (non-hydrogen) atoms. The van der Waals surface area contributed by atoms with Crippen LogP contribution in [0.2, 0.25) is 0 Å². The molecule has 0 aliphatic heterocycles. The lowest BCUT2D eigenvalue weighted by molar-refractivity contribution is 0.0911. The zero-order valence-corrected chi connectivity index (χ0v) is 12.9. The molecule has 1 atom stereocenters. The zero-order valence-electron chi connectivity index (χ0n) is 12.9. The number of nitrogens with zero attached hydrogens (tertiary/aromatic N) is 3. The third kappa shape index (κ3) is 3.93. The van der Waals surface area contributed by atoms with Gasteiger partial charge in [0.15, 0.2) is 5.69 Å². The number of imidazole rings is 1. The monoisotopic (exact) mass is 290 g/mol. The first-order valence-corrected chi connectivity index (χ1v) is 7.20. The van der Waals surface area contributed by atoms with E-state index in [1.54, 1.807) is 18.6 Å². The van der Waals surface area contributed by atoms with Crippen LogP contribution in [0.3, 0.4) is 0 Å². The van der Waals surface area contributed by atoms with Crippen molar-refractivity contribution in [3.8, 4) is 0 Å². The molecule has 0 fully saturated rings. The Morgan fingerprint density at radius 3 is 2.67 bits per heavy atom. The molecule has 0 spiro atoms. The van der Waals surface area contributed by atoms with Crippen LogP contribution in [-0.2, 0) is 6.54 Å². The van der Waals surface area contributed by atoms with Crippen molar-refractivity contribution < 1.29 is 9.32 Å². The second kappa shape index (κ2) is 6.56. The first kappa shape index (κ1) is 15.3. The molecular formula is C15H22N4O2. The summed E-state index contributed by atoms with van der Waals surface area (Å²) in [5.41, 5.74) is 0.329. The highest BCUT2D eigenvalue weighted by molar-refractivity contribution is 5.92. The minimum absolute atomic E-state index is 0.00546. The van der Waals surface area contributed by atoms with Crippen LogP contribution >= 0.6 is 0 Å². The molecule has 1 amide bonds. The van der Waals surface area contributed by atoms with Crippen LogP contribution in [0.15, 0.2) is 29.3 Å². The van der Waals surface area contributed by atoms with Crippen molar-refractivity contribution in [1.82, 2.24) is 20.0 Å². The predicted molar refractivity (Wildman–Crippen MR) is 78.9 cm³/mol. The summed E-state index contributed by atoms with van der Waals surface area (Å²) in [6, 6.07) is 1.71. The van der Waals surface area contributed by atoms with E-state index in [0.29, 0.717) is 18.2 Å². The summed E-state index contributed by atoms with van der Waals surface area (Å²) in [6.07, 6.45) is 5.36. The van der Waals surface area contributed by atoms with Gasteiger partial charge < -0.3 is 14.4 Å². The Morgan fingerprint density at radius 2 is 2.14 bits per heavy atom. The Balaban J connectivity index is 2.03. The van der Waals surface area contributed by atoms with Gasteiger partial charge in [0.2, 0.25) is 0 Å². The van der Waals surface area contributed by atoms with Crippen molar-refractivity contribution in [2.75, 3.05) is 0 Å². The quantitative estimate of drug-likeness (QED) is 0.887. The summed E-state index contributed by atoms with van der Waals surface area (Å²) in [4.78, 5) is 16.3. The number of amides is 1. The molecule has 2 heterocycles. The minimum Gasteiger partial charge on any atom is -0.360 e. The number of rotatable bonds is 6. The number of carbonyl (C=O) groups excluding carboxylic acids is 1. The summed E-state index contributed by atoms with van der Waals surface area (Å²) in [5, 5.41) is 6.85. The van der Waals surface area contributed by atoms with E-state index in [0.717, 1.165) is 5.76 Å². The van der Waals surface area contributed by atoms with Crippen LogP contribution in [0.1, 0.15) is 49.9 Å². The van der Waals surface area contributed by atoms with Crippen molar-refractivity contribution in [3.05, 3.63) is 36.2 Å². The number of hydrogen-bond donors (Lipinski definition) is 1. The third-order valence-electron chi connectivity index (χ3n) is 3.42. The van der Waals surface area contributed by atoms with E-state index in [-0.39, 0.29) is 17.9 Å². The number of hydrogen-bond acceptors (Lipinski definition) is 4. The lowest BCUT2D eigenvalue weighted by atomic mass is 10.0. The molecule has 2 aromatic heterocycles. The topological polar surface area (TPSA) is 73.0 Å². The average Bonchev–Trinajstić information content (AvgIpc) is 3.08. The van der Waals surface area contributed by atoms with Gasteiger partial charge in [0, 0.05) is 37.0 Å². The van der Waals surface area contributed by atoms with Gasteiger partial charge in [0.05, 0.1) is 6.33 Å². The molecule has 0 aromatic carbocycles. The third-order valence-corrected chi connectivity index (χ3v) is 3.42. The first-order chi connectivity index (χ1) is 9.97. The number of carbonyl (C=O) groups is 1. The minimum atomic E-state index is -0.204. The molecule has 6 heteroatoms. The summed E-state index contributed by atoms with van der Waals surface area (Å²) in [7, 11) is 0. The van der Waals surface area contributed by atoms with E-state index in [1.807, 2.05) is 24.6 Å². The van der Waals surface area contributed by atoms with Crippen molar-refractivity contribution in [2.45, 2.75) is 46.2 Å². The summed E-state index contributed by atoms with van der Waals surface area (Å²) in [5.74, 6) is 1.03. The maximum Gasteiger partial charge on any atom is 0.273 e. The summed E-state index contributed by atoms with van der Waals surface area (Å²) < 4.78 is 7.12. The molecule has 0 bridgehead atoms. The maximum atomic E-state index is 12.3. The van der Waals surface area contributed by atoms with Gasteiger partial charge in [-0.25, -0.2) is 4.98 Å². The van der Waals surface area contributed by atoms with Crippen molar-refractivity contribution in [2.24, 2.45) is 5.92 Å². The smallest absolute Gasteiger partial charge is 0.273 e. The highest BCUT2D eigenvalue weighted by Crippen LogP contribution is 2.15. The largest absolute Gasteiger partial charge is 0.360 e. The highest BCUT2D eigenvalue weighted by Gasteiger charge is 2.20. The van der Waals surface area contributed by atoms with Crippen molar-refractivity contribution in [3.63, 3.8) is 0 Å². The lowest BCUT2D eigenvalue weighted by Gasteiger charge is -2.22. The molecule has 1 N–H and O–H groups in total. The van der Waals surface area contributed by atoms with Crippen molar-refractivity contribution in [1.29, 1.82) is 0 Å². The fraction of sp³-hybridized carbons (Fsp3) is 0.533. The van der Waals surface area contributed by atoms with Gasteiger partial charge in [-0.1, -0.05) is 32.9 Å². The van der Waals surface area contributed by atoms with Crippen LogP contribution in [0, 0.1) is 5.92 Å². The Morgan fingerprint density at radius 1 is 1.38 bits per heavy atom. The molecule has 2 rings (SSSR count). The van der Waals surface area contributed by atoms with E-state index >= 15 is 0 Å². The molecule has 0 aliphatic carbocycles. The molecule has 0 saturated heterocycles. The maximum absolute atomic E-state index is 12.3. The fourth-order valence-electron chi connectivity index (χ4n) is 1.96. The highest BCUT2D eigenvalue weighted by atomic mass is 16.5. The number of aromatic nitrogens is 3. The van der Waals surface area contributed by atoms with E-state index in [9.17, 15) is 4.79 Å². The normalized spacial score (nSPS) is 12.9. The molecule has 0 saturated carbocycles.